The van der Waals surface area contributed by atoms with Crippen molar-refractivity contribution in [3.05, 3.63) is 65.7 Å². The van der Waals surface area contributed by atoms with Crippen molar-refractivity contribution in [1.82, 2.24) is 5.32 Å². The Balaban J connectivity index is 2.07. The lowest BCUT2D eigenvalue weighted by Crippen LogP contribution is -2.44. The SMILES string of the molecule is CCOC(=O)c1ccc(NC(=O)[C@H](CCC(=O)O)NC(=O)c2ccccc2)cc1. The number of hydrogen-bond donors (Lipinski definition) is 3. The molecule has 8 nitrogen and oxygen atoms in total. The molecule has 2 rings (SSSR count). The van der Waals surface area contributed by atoms with Crippen molar-refractivity contribution >= 4 is 29.4 Å². The van der Waals surface area contributed by atoms with Crippen LogP contribution in [0.15, 0.2) is 54.6 Å². The van der Waals surface area contributed by atoms with E-state index >= 15 is 0 Å². The number of ether oxygens (including phenoxy) is 1. The number of carboxylic acid groups (broad SMARTS) is 1. The van der Waals surface area contributed by atoms with Gasteiger partial charge in [0.2, 0.25) is 5.91 Å². The fourth-order valence-electron chi connectivity index (χ4n) is 2.50. The molecule has 2 amide bonds. The number of hydrogen-bond acceptors (Lipinski definition) is 5. The van der Waals surface area contributed by atoms with Crippen molar-refractivity contribution in [2.24, 2.45) is 0 Å². The van der Waals surface area contributed by atoms with E-state index in [1.54, 1.807) is 37.3 Å². The van der Waals surface area contributed by atoms with Gasteiger partial charge < -0.3 is 20.5 Å². The first kappa shape index (κ1) is 21.6. The maximum Gasteiger partial charge on any atom is 0.338 e. The van der Waals surface area contributed by atoms with Gasteiger partial charge in [0.05, 0.1) is 12.2 Å². The fourth-order valence-corrected chi connectivity index (χ4v) is 2.50. The lowest BCUT2D eigenvalue weighted by Gasteiger charge is -2.18. The van der Waals surface area contributed by atoms with Gasteiger partial charge in [0.1, 0.15) is 6.04 Å². The van der Waals surface area contributed by atoms with Gasteiger partial charge in [0, 0.05) is 17.7 Å². The van der Waals surface area contributed by atoms with Gasteiger partial charge in [-0.25, -0.2) is 4.79 Å². The van der Waals surface area contributed by atoms with E-state index in [4.69, 9.17) is 9.84 Å². The zero-order valence-electron chi connectivity index (χ0n) is 15.9. The van der Waals surface area contributed by atoms with Gasteiger partial charge in [-0.1, -0.05) is 18.2 Å². The van der Waals surface area contributed by atoms with Crippen LogP contribution in [0.4, 0.5) is 5.69 Å². The second kappa shape index (κ2) is 10.6. The van der Waals surface area contributed by atoms with Gasteiger partial charge in [0.25, 0.3) is 5.91 Å². The normalized spacial score (nSPS) is 11.2. The summed E-state index contributed by atoms with van der Waals surface area (Å²) in [7, 11) is 0. The Morgan fingerprint density at radius 2 is 1.62 bits per heavy atom. The first-order valence-corrected chi connectivity index (χ1v) is 9.06. The van der Waals surface area contributed by atoms with Crippen LogP contribution in [-0.4, -0.2) is 41.5 Å². The van der Waals surface area contributed by atoms with E-state index in [0.717, 1.165) is 0 Å². The molecule has 1 atom stereocenters. The van der Waals surface area contributed by atoms with E-state index in [1.807, 2.05) is 0 Å². The average Bonchev–Trinajstić information content (AvgIpc) is 2.72. The summed E-state index contributed by atoms with van der Waals surface area (Å²) in [5.41, 5.74) is 1.10. The summed E-state index contributed by atoms with van der Waals surface area (Å²) in [5, 5.41) is 14.1. The number of esters is 1. The van der Waals surface area contributed by atoms with Crippen LogP contribution in [0.25, 0.3) is 0 Å². The molecular weight excluding hydrogens is 376 g/mol. The summed E-state index contributed by atoms with van der Waals surface area (Å²) < 4.78 is 4.90. The van der Waals surface area contributed by atoms with Crippen LogP contribution in [0.3, 0.4) is 0 Å². The molecule has 29 heavy (non-hydrogen) atoms. The molecule has 0 aliphatic carbocycles. The van der Waals surface area contributed by atoms with Gasteiger partial charge in [-0.3, -0.25) is 14.4 Å². The molecule has 0 saturated heterocycles. The minimum Gasteiger partial charge on any atom is -0.481 e. The minimum absolute atomic E-state index is 0.0688. The highest BCUT2D eigenvalue weighted by atomic mass is 16.5. The molecule has 8 heteroatoms. The lowest BCUT2D eigenvalue weighted by atomic mass is 10.1. The predicted molar refractivity (Wildman–Crippen MR) is 106 cm³/mol. The van der Waals surface area contributed by atoms with E-state index < -0.39 is 29.8 Å². The molecule has 2 aromatic carbocycles. The van der Waals surface area contributed by atoms with Crippen molar-refractivity contribution in [2.75, 3.05) is 11.9 Å². The summed E-state index contributed by atoms with van der Waals surface area (Å²) in [6.45, 7) is 1.96. The van der Waals surface area contributed by atoms with Crippen LogP contribution in [0.5, 0.6) is 0 Å². The minimum atomic E-state index is -1.07. The van der Waals surface area contributed by atoms with Crippen molar-refractivity contribution in [2.45, 2.75) is 25.8 Å². The van der Waals surface area contributed by atoms with Crippen LogP contribution in [0.1, 0.15) is 40.5 Å². The molecule has 0 aliphatic rings. The molecule has 0 unspecified atom stereocenters. The fraction of sp³-hybridized carbons (Fsp3) is 0.238. The second-order valence-corrected chi connectivity index (χ2v) is 6.11. The van der Waals surface area contributed by atoms with E-state index in [-0.39, 0.29) is 19.4 Å². The van der Waals surface area contributed by atoms with Crippen molar-refractivity contribution in [3.8, 4) is 0 Å². The van der Waals surface area contributed by atoms with Crippen molar-refractivity contribution < 1.29 is 29.0 Å². The summed E-state index contributed by atoms with van der Waals surface area (Å²) in [6, 6.07) is 13.3. The number of benzene rings is 2. The Kier molecular flexibility index (Phi) is 7.90. The average molecular weight is 398 g/mol. The highest BCUT2D eigenvalue weighted by molar-refractivity contribution is 6.01. The van der Waals surface area contributed by atoms with Gasteiger partial charge in [-0.05, 0) is 49.7 Å². The molecule has 0 heterocycles. The van der Waals surface area contributed by atoms with Crippen LogP contribution < -0.4 is 10.6 Å². The van der Waals surface area contributed by atoms with Crippen LogP contribution in [0.2, 0.25) is 0 Å². The topological polar surface area (TPSA) is 122 Å². The molecule has 0 fully saturated rings. The molecule has 0 spiro atoms. The van der Waals surface area contributed by atoms with E-state index in [1.165, 1.54) is 24.3 Å². The maximum absolute atomic E-state index is 12.6. The number of carboxylic acids is 1. The molecule has 3 N–H and O–H groups in total. The van der Waals surface area contributed by atoms with Crippen LogP contribution in [-0.2, 0) is 14.3 Å². The number of amides is 2. The number of rotatable bonds is 9. The Labute approximate surface area is 167 Å². The Morgan fingerprint density at radius 3 is 2.21 bits per heavy atom. The van der Waals surface area contributed by atoms with Crippen LogP contribution in [0, 0.1) is 0 Å². The zero-order chi connectivity index (χ0) is 21.2. The highest BCUT2D eigenvalue weighted by Gasteiger charge is 2.22. The number of carbonyl (C=O) groups is 4. The number of carbonyl (C=O) groups excluding carboxylic acids is 3. The van der Waals surface area contributed by atoms with E-state index in [0.29, 0.717) is 16.8 Å². The van der Waals surface area contributed by atoms with Crippen molar-refractivity contribution in [1.29, 1.82) is 0 Å². The van der Waals surface area contributed by atoms with Gasteiger partial charge >= 0.3 is 11.9 Å². The Morgan fingerprint density at radius 1 is 0.966 bits per heavy atom. The van der Waals surface area contributed by atoms with E-state index in [2.05, 4.69) is 10.6 Å². The molecule has 152 valence electrons. The molecule has 0 aliphatic heterocycles. The quantitative estimate of drug-likeness (QED) is 0.558. The van der Waals surface area contributed by atoms with E-state index in [9.17, 15) is 19.2 Å². The summed E-state index contributed by atoms with van der Waals surface area (Å²) in [6.07, 6.45) is -0.352. The number of nitrogens with one attached hydrogen (secondary N) is 2. The number of aliphatic carboxylic acids is 1. The first-order valence-electron chi connectivity index (χ1n) is 9.06. The highest BCUT2D eigenvalue weighted by Crippen LogP contribution is 2.12. The molecule has 0 radical (unpaired) electrons. The number of anilines is 1. The molecule has 0 saturated carbocycles. The van der Waals surface area contributed by atoms with Crippen molar-refractivity contribution in [3.63, 3.8) is 0 Å². The standard InChI is InChI=1S/C21H22N2O6/c1-2-29-21(28)15-8-10-16(11-9-15)22-20(27)17(12-13-18(24)25)23-19(26)14-6-4-3-5-7-14/h3-11,17H,2,12-13H2,1H3,(H,22,27)(H,23,26)(H,24,25)/t17-/m0/s1. The third-order valence-corrected chi connectivity index (χ3v) is 3.97. The van der Waals surface area contributed by atoms with Gasteiger partial charge in [-0.15, -0.1) is 0 Å². The maximum atomic E-state index is 12.6. The molecular formula is C21H22N2O6. The molecule has 0 bridgehead atoms. The first-order chi connectivity index (χ1) is 13.9. The molecule has 2 aromatic rings. The summed E-state index contributed by atoms with van der Waals surface area (Å²) in [4.78, 5) is 47.5. The van der Waals surface area contributed by atoms with Gasteiger partial charge in [0.15, 0.2) is 0 Å². The van der Waals surface area contributed by atoms with Gasteiger partial charge in [-0.2, -0.15) is 0 Å². The summed E-state index contributed by atoms with van der Waals surface area (Å²) >= 11 is 0. The third kappa shape index (κ3) is 6.76. The largest absolute Gasteiger partial charge is 0.481 e. The van der Waals surface area contributed by atoms with Crippen LogP contribution >= 0.6 is 0 Å². The summed E-state index contributed by atoms with van der Waals surface area (Å²) in [5.74, 6) is -2.58. The second-order valence-electron chi connectivity index (χ2n) is 6.11. The third-order valence-electron chi connectivity index (χ3n) is 3.97. The predicted octanol–water partition coefficient (Wildman–Crippen LogP) is 2.47. The lowest BCUT2D eigenvalue weighted by molar-refractivity contribution is -0.137. The Hall–Kier alpha value is -3.68. The molecule has 0 aromatic heterocycles. The Bertz CT molecular complexity index is 864. The smallest absolute Gasteiger partial charge is 0.338 e. The monoisotopic (exact) mass is 398 g/mol. The zero-order valence-corrected chi connectivity index (χ0v) is 15.9.